The van der Waals surface area contributed by atoms with E-state index in [9.17, 15) is 4.39 Å². The molecular weight excluding hydrogens is 247 g/mol. The van der Waals surface area contributed by atoms with Crippen molar-refractivity contribution >= 4 is 0 Å². The number of rotatable bonds is 4. The number of pyridine rings is 1. The lowest BCUT2D eigenvalue weighted by atomic mass is 10.0. The van der Waals surface area contributed by atoms with Crippen LogP contribution in [0.3, 0.4) is 0 Å². The molecule has 0 amide bonds. The average Bonchev–Trinajstić information content (AvgIpc) is 2.46. The smallest absolute Gasteiger partial charge is 0.218 e. The van der Waals surface area contributed by atoms with Crippen LogP contribution in [-0.4, -0.2) is 19.2 Å². The van der Waals surface area contributed by atoms with Crippen LogP contribution in [0.25, 0.3) is 0 Å². The zero-order valence-electron chi connectivity index (χ0n) is 10.8. The molecule has 1 atom stereocenters. The highest BCUT2D eigenvalue weighted by Gasteiger charge is 2.16. The summed E-state index contributed by atoms with van der Waals surface area (Å²) >= 11 is 0. The molecule has 0 fully saturated rings. The fourth-order valence-electron chi connectivity index (χ4n) is 1.87. The monoisotopic (exact) mass is 262 g/mol. The summed E-state index contributed by atoms with van der Waals surface area (Å²) in [6.07, 6.45) is 1.61. The summed E-state index contributed by atoms with van der Waals surface area (Å²) < 4.78 is 23.7. The highest BCUT2D eigenvalue weighted by molar-refractivity contribution is 5.39. The van der Waals surface area contributed by atoms with Crippen LogP contribution in [0, 0.1) is 5.82 Å². The van der Waals surface area contributed by atoms with Crippen LogP contribution in [-0.2, 0) is 0 Å². The van der Waals surface area contributed by atoms with Crippen LogP contribution >= 0.6 is 0 Å². The Balaban J connectivity index is 2.38. The minimum absolute atomic E-state index is 0.189. The van der Waals surface area contributed by atoms with Crippen LogP contribution in [0.1, 0.15) is 17.2 Å². The quantitative estimate of drug-likeness (QED) is 0.918. The number of halogens is 1. The van der Waals surface area contributed by atoms with E-state index in [0.717, 1.165) is 0 Å². The van der Waals surface area contributed by atoms with E-state index < -0.39 is 11.9 Å². The van der Waals surface area contributed by atoms with Crippen LogP contribution in [0.15, 0.2) is 36.5 Å². The Morgan fingerprint density at radius 2 is 2.00 bits per heavy atom. The number of nitrogens with two attached hydrogens (primary N) is 1. The molecule has 1 heterocycles. The largest absolute Gasteiger partial charge is 0.494 e. The molecule has 2 rings (SSSR count). The van der Waals surface area contributed by atoms with Crippen molar-refractivity contribution in [3.05, 3.63) is 53.5 Å². The first-order valence-electron chi connectivity index (χ1n) is 5.75. The van der Waals surface area contributed by atoms with Gasteiger partial charge in [-0.25, -0.2) is 9.37 Å². The average molecular weight is 262 g/mol. The minimum atomic E-state index is -0.510. The molecule has 0 aliphatic heterocycles. The maximum atomic E-state index is 13.7. The van der Waals surface area contributed by atoms with Crippen LogP contribution in [0.4, 0.5) is 4.39 Å². The third-order valence-electron chi connectivity index (χ3n) is 2.86. The lowest BCUT2D eigenvalue weighted by molar-refractivity contribution is 0.385. The molecule has 0 radical (unpaired) electrons. The first-order chi connectivity index (χ1) is 9.17. The molecule has 4 nitrogen and oxygen atoms in total. The lowest BCUT2D eigenvalue weighted by Gasteiger charge is -2.15. The summed E-state index contributed by atoms with van der Waals surface area (Å²) in [7, 11) is 2.94. The fourth-order valence-corrected chi connectivity index (χ4v) is 1.87. The number of methoxy groups -OCH3 is 2. The second-order valence-electron chi connectivity index (χ2n) is 3.97. The fraction of sp³-hybridized carbons (Fsp3) is 0.214. The van der Waals surface area contributed by atoms with Gasteiger partial charge in [0.1, 0.15) is 0 Å². The third-order valence-corrected chi connectivity index (χ3v) is 2.86. The predicted octanol–water partition coefficient (Wildman–Crippen LogP) is 2.29. The number of nitrogens with zero attached hydrogens (tertiary/aromatic N) is 1. The summed E-state index contributed by atoms with van der Waals surface area (Å²) in [5.74, 6) is 0.179. The first kappa shape index (κ1) is 13.3. The molecule has 19 heavy (non-hydrogen) atoms. The van der Waals surface area contributed by atoms with Crippen molar-refractivity contribution < 1.29 is 13.9 Å². The Morgan fingerprint density at radius 3 is 2.63 bits per heavy atom. The highest BCUT2D eigenvalue weighted by Crippen LogP contribution is 2.28. The topological polar surface area (TPSA) is 57.4 Å². The molecule has 100 valence electrons. The minimum Gasteiger partial charge on any atom is -0.494 e. The van der Waals surface area contributed by atoms with Gasteiger partial charge in [0.25, 0.3) is 0 Å². The van der Waals surface area contributed by atoms with E-state index in [0.29, 0.717) is 17.0 Å². The van der Waals surface area contributed by atoms with Gasteiger partial charge in [-0.2, -0.15) is 0 Å². The van der Waals surface area contributed by atoms with Gasteiger partial charge in [-0.15, -0.1) is 0 Å². The van der Waals surface area contributed by atoms with Crippen molar-refractivity contribution in [1.29, 1.82) is 0 Å². The summed E-state index contributed by atoms with van der Waals surface area (Å²) in [5, 5.41) is 0. The zero-order valence-corrected chi connectivity index (χ0v) is 10.8. The van der Waals surface area contributed by atoms with Crippen molar-refractivity contribution in [2.24, 2.45) is 5.73 Å². The van der Waals surface area contributed by atoms with Crippen LogP contribution < -0.4 is 15.2 Å². The van der Waals surface area contributed by atoms with E-state index in [4.69, 9.17) is 15.2 Å². The summed E-state index contributed by atoms with van der Waals surface area (Å²) in [5.41, 5.74) is 7.46. The number of aromatic nitrogens is 1. The predicted molar refractivity (Wildman–Crippen MR) is 69.8 cm³/mol. The SMILES string of the molecule is COc1ccc(C(N)c2cccnc2OC)cc1F. The second-order valence-corrected chi connectivity index (χ2v) is 3.97. The third kappa shape index (κ3) is 2.66. The molecule has 1 aromatic carbocycles. The van der Waals surface area contributed by atoms with Crippen molar-refractivity contribution in [3.8, 4) is 11.6 Å². The normalized spacial score (nSPS) is 12.0. The molecule has 1 unspecified atom stereocenters. The second kappa shape index (κ2) is 5.67. The van der Waals surface area contributed by atoms with Crippen LogP contribution in [0.5, 0.6) is 11.6 Å². The van der Waals surface area contributed by atoms with Gasteiger partial charge in [0.15, 0.2) is 11.6 Å². The number of hydrogen-bond acceptors (Lipinski definition) is 4. The first-order valence-corrected chi connectivity index (χ1v) is 5.75. The van der Waals surface area contributed by atoms with E-state index >= 15 is 0 Å². The molecule has 0 aliphatic rings. The van der Waals surface area contributed by atoms with Gasteiger partial charge in [0.05, 0.1) is 20.3 Å². The lowest BCUT2D eigenvalue weighted by Crippen LogP contribution is -2.14. The van der Waals surface area contributed by atoms with Crippen molar-refractivity contribution in [3.63, 3.8) is 0 Å². The van der Waals surface area contributed by atoms with E-state index in [1.54, 1.807) is 30.5 Å². The van der Waals surface area contributed by atoms with E-state index in [1.807, 2.05) is 0 Å². The van der Waals surface area contributed by atoms with Crippen molar-refractivity contribution in [2.75, 3.05) is 14.2 Å². The molecule has 0 saturated heterocycles. The Hall–Kier alpha value is -2.14. The van der Waals surface area contributed by atoms with E-state index in [1.165, 1.54) is 20.3 Å². The number of ether oxygens (including phenoxy) is 2. The van der Waals surface area contributed by atoms with Gasteiger partial charge in [-0.1, -0.05) is 12.1 Å². The highest BCUT2D eigenvalue weighted by atomic mass is 19.1. The Bertz CT molecular complexity index is 575. The molecule has 1 aromatic heterocycles. The van der Waals surface area contributed by atoms with Crippen LogP contribution in [0.2, 0.25) is 0 Å². The van der Waals surface area contributed by atoms with E-state index in [2.05, 4.69) is 4.98 Å². The van der Waals surface area contributed by atoms with Gasteiger partial charge in [0.2, 0.25) is 5.88 Å². The molecule has 0 saturated carbocycles. The molecule has 2 aromatic rings. The van der Waals surface area contributed by atoms with Gasteiger partial charge in [-0.3, -0.25) is 0 Å². The van der Waals surface area contributed by atoms with Gasteiger partial charge < -0.3 is 15.2 Å². The maximum absolute atomic E-state index is 13.7. The molecule has 2 N–H and O–H groups in total. The molecule has 0 spiro atoms. The Labute approximate surface area is 111 Å². The molecule has 0 bridgehead atoms. The Morgan fingerprint density at radius 1 is 1.21 bits per heavy atom. The summed E-state index contributed by atoms with van der Waals surface area (Å²) in [6.45, 7) is 0. The van der Waals surface area contributed by atoms with Crippen molar-refractivity contribution in [1.82, 2.24) is 4.98 Å². The standard InChI is InChI=1S/C14H15FN2O2/c1-18-12-6-5-9(8-11(12)15)13(16)10-4-3-7-17-14(10)19-2/h3-8,13H,16H2,1-2H3. The number of hydrogen-bond donors (Lipinski definition) is 1. The van der Waals surface area contributed by atoms with Crippen molar-refractivity contribution in [2.45, 2.75) is 6.04 Å². The molecule has 0 aliphatic carbocycles. The molecule has 5 heteroatoms. The maximum Gasteiger partial charge on any atom is 0.218 e. The summed E-state index contributed by atoms with van der Waals surface area (Å²) in [6, 6.07) is 7.68. The van der Waals surface area contributed by atoms with Gasteiger partial charge in [0, 0.05) is 11.8 Å². The number of benzene rings is 1. The van der Waals surface area contributed by atoms with E-state index in [-0.39, 0.29) is 5.75 Å². The Kier molecular flexibility index (Phi) is 3.97. The van der Waals surface area contributed by atoms with Gasteiger partial charge >= 0.3 is 0 Å². The van der Waals surface area contributed by atoms with Gasteiger partial charge in [-0.05, 0) is 23.8 Å². The molecular formula is C14H15FN2O2. The summed E-state index contributed by atoms with van der Waals surface area (Å²) in [4.78, 5) is 4.08. The zero-order chi connectivity index (χ0) is 13.8.